The summed E-state index contributed by atoms with van der Waals surface area (Å²) in [6.45, 7) is 7.28. The minimum atomic E-state index is -0.467. The van der Waals surface area contributed by atoms with Gasteiger partial charge in [0.25, 0.3) is 0 Å². The Bertz CT molecular complexity index is 859. The summed E-state index contributed by atoms with van der Waals surface area (Å²) >= 11 is 0. The fourth-order valence-electron chi connectivity index (χ4n) is 3.02. The molecule has 2 aromatic rings. The molecular weight excluding hydrogens is 342 g/mol. The molecule has 0 radical (unpaired) electrons. The molecular formula is C20H27N5O2. The zero-order valence-corrected chi connectivity index (χ0v) is 16.5. The van der Waals surface area contributed by atoms with Crippen LogP contribution >= 0.6 is 0 Å². The molecule has 1 N–H and O–H groups in total. The summed E-state index contributed by atoms with van der Waals surface area (Å²) in [5.41, 5.74) is 1.12. The van der Waals surface area contributed by atoms with Crippen LogP contribution in [-0.4, -0.2) is 48.5 Å². The first-order valence-electron chi connectivity index (χ1n) is 9.34. The average molecular weight is 369 g/mol. The number of aromatic nitrogens is 2. The molecule has 1 aromatic heterocycles. The van der Waals surface area contributed by atoms with Crippen LogP contribution in [0, 0.1) is 5.41 Å². The maximum Gasteiger partial charge on any atom is 0.230 e. The van der Waals surface area contributed by atoms with Crippen molar-refractivity contribution in [2.24, 2.45) is 5.41 Å². The van der Waals surface area contributed by atoms with Crippen molar-refractivity contribution in [2.75, 3.05) is 36.5 Å². The van der Waals surface area contributed by atoms with Crippen molar-refractivity contribution in [3.05, 3.63) is 24.3 Å². The number of nitrogens with one attached hydrogen (secondary N) is 1. The monoisotopic (exact) mass is 369 g/mol. The Morgan fingerprint density at radius 1 is 1.07 bits per heavy atom. The van der Waals surface area contributed by atoms with E-state index in [2.05, 4.69) is 5.32 Å². The summed E-state index contributed by atoms with van der Waals surface area (Å²) in [6, 6.07) is 7.67. The van der Waals surface area contributed by atoms with Crippen LogP contribution in [-0.2, 0) is 9.59 Å². The van der Waals surface area contributed by atoms with E-state index >= 15 is 0 Å². The summed E-state index contributed by atoms with van der Waals surface area (Å²) < 4.78 is 0. The van der Waals surface area contributed by atoms with Gasteiger partial charge in [0.05, 0.1) is 11.0 Å². The third-order valence-electron chi connectivity index (χ3n) is 4.63. The molecule has 2 heterocycles. The Kier molecular flexibility index (Phi) is 5.30. The number of anilines is 2. The topological polar surface area (TPSA) is 78.4 Å². The van der Waals surface area contributed by atoms with Gasteiger partial charge in [-0.1, -0.05) is 32.9 Å². The Morgan fingerprint density at radius 3 is 2.33 bits per heavy atom. The normalized spacial score (nSPS) is 14.7. The molecule has 3 rings (SSSR count). The van der Waals surface area contributed by atoms with Crippen molar-refractivity contribution >= 4 is 34.5 Å². The molecule has 1 aliphatic rings. The molecule has 0 unspecified atom stereocenters. The number of carbonyl (C=O) groups is 2. The van der Waals surface area contributed by atoms with Crippen LogP contribution in [0.15, 0.2) is 24.3 Å². The van der Waals surface area contributed by atoms with Gasteiger partial charge in [-0.3, -0.25) is 14.5 Å². The van der Waals surface area contributed by atoms with E-state index in [-0.39, 0.29) is 18.2 Å². The van der Waals surface area contributed by atoms with Crippen molar-refractivity contribution in [1.82, 2.24) is 15.3 Å². The third kappa shape index (κ3) is 4.18. The summed E-state index contributed by atoms with van der Waals surface area (Å²) in [6.07, 6.45) is 1.07. The zero-order valence-electron chi connectivity index (χ0n) is 16.5. The lowest BCUT2D eigenvalue weighted by molar-refractivity contribution is -0.128. The fourth-order valence-corrected chi connectivity index (χ4v) is 3.02. The highest BCUT2D eigenvalue weighted by Crippen LogP contribution is 2.30. The van der Waals surface area contributed by atoms with Crippen LogP contribution in [0.2, 0.25) is 0 Å². The van der Waals surface area contributed by atoms with Crippen molar-refractivity contribution in [3.8, 4) is 0 Å². The second kappa shape index (κ2) is 7.50. The fraction of sp³-hybridized carbons (Fsp3) is 0.500. The number of fused-ring (bicyclic) bond motifs is 2. The number of benzene rings is 1. The van der Waals surface area contributed by atoms with Crippen LogP contribution in [0.4, 0.5) is 11.6 Å². The summed E-state index contributed by atoms with van der Waals surface area (Å²) in [7, 11) is 1.97. The van der Waals surface area contributed by atoms with E-state index in [1.165, 1.54) is 0 Å². The Balaban J connectivity index is 1.81. The molecule has 0 aliphatic carbocycles. The van der Waals surface area contributed by atoms with Gasteiger partial charge in [-0.2, -0.15) is 0 Å². The molecule has 2 amide bonds. The van der Waals surface area contributed by atoms with E-state index in [0.717, 1.165) is 29.8 Å². The highest BCUT2D eigenvalue weighted by molar-refractivity contribution is 5.97. The number of amides is 2. The second-order valence-electron chi connectivity index (χ2n) is 7.94. The Hall–Kier alpha value is -2.70. The molecule has 144 valence electrons. The molecule has 1 aliphatic heterocycles. The van der Waals surface area contributed by atoms with Crippen LogP contribution in [0.1, 0.15) is 33.6 Å². The number of carbonyl (C=O) groups excluding carboxylic acids is 2. The first kappa shape index (κ1) is 19.1. The minimum absolute atomic E-state index is 0.0506. The molecule has 0 atom stereocenters. The summed E-state index contributed by atoms with van der Waals surface area (Å²) in [5, 5.41) is 2.84. The van der Waals surface area contributed by atoms with E-state index < -0.39 is 5.41 Å². The first-order valence-corrected chi connectivity index (χ1v) is 9.34. The van der Waals surface area contributed by atoms with Crippen molar-refractivity contribution in [3.63, 3.8) is 0 Å². The Morgan fingerprint density at radius 2 is 1.70 bits per heavy atom. The van der Waals surface area contributed by atoms with Gasteiger partial charge in [0.1, 0.15) is 0 Å². The van der Waals surface area contributed by atoms with Crippen molar-refractivity contribution in [1.29, 1.82) is 0 Å². The predicted molar refractivity (Wildman–Crippen MR) is 107 cm³/mol. The van der Waals surface area contributed by atoms with Crippen LogP contribution in [0.3, 0.4) is 0 Å². The molecule has 0 fully saturated rings. The minimum Gasteiger partial charge on any atom is -0.357 e. The molecule has 0 spiro atoms. The van der Waals surface area contributed by atoms with Crippen molar-refractivity contribution < 1.29 is 9.59 Å². The van der Waals surface area contributed by atoms with Gasteiger partial charge in [-0.15, -0.1) is 0 Å². The molecule has 0 bridgehead atoms. The summed E-state index contributed by atoms with van der Waals surface area (Å²) in [4.78, 5) is 38.1. The zero-order chi connectivity index (χ0) is 19.6. The molecule has 1 aromatic carbocycles. The number of hydrogen-bond acceptors (Lipinski definition) is 5. The predicted octanol–water partition coefficient (Wildman–Crippen LogP) is 2.36. The number of rotatable bonds is 3. The quantitative estimate of drug-likeness (QED) is 0.899. The SMILES string of the molecule is CN1CCCN(C(=O)CCNC(=O)C(C)(C)C)c2nc3ccccc3nc21. The van der Waals surface area contributed by atoms with E-state index in [4.69, 9.17) is 9.97 Å². The van der Waals surface area contributed by atoms with Crippen LogP contribution in [0.25, 0.3) is 11.0 Å². The van der Waals surface area contributed by atoms with Gasteiger partial charge in [0.15, 0.2) is 11.6 Å². The van der Waals surface area contributed by atoms with Gasteiger partial charge in [-0.25, -0.2) is 9.97 Å². The van der Waals surface area contributed by atoms with Crippen LogP contribution < -0.4 is 15.1 Å². The highest BCUT2D eigenvalue weighted by atomic mass is 16.2. The Labute approximate surface area is 159 Å². The molecule has 27 heavy (non-hydrogen) atoms. The maximum atomic E-state index is 12.9. The second-order valence-corrected chi connectivity index (χ2v) is 7.94. The molecule has 7 nitrogen and oxygen atoms in total. The smallest absolute Gasteiger partial charge is 0.230 e. The summed E-state index contributed by atoms with van der Waals surface area (Å²) in [5.74, 6) is 1.21. The lowest BCUT2D eigenvalue weighted by atomic mass is 9.96. The van der Waals surface area contributed by atoms with Gasteiger partial charge in [0, 0.05) is 38.5 Å². The van der Waals surface area contributed by atoms with E-state index in [1.807, 2.05) is 57.0 Å². The van der Waals surface area contributed by atoms with E-state index in [1.54, 1.807) is 4.90 Å². The lowest BCUT2D eigenvalue weighted by Crippen LogP contribution is -2.39. The maximum absolute atomic E-state index is 12.9. The average Bonchev–Trinajstić information content (AvgIpc) is 2.78. The standard InChI is InChI=1S/C20H27N5O2/c1-20(2,3)19(27)21-11-10-16(26)25-13-7-12-24(4)17-18(25)23-15-9-6-5-8-14(15)22-17/h5-6,8-9H,7,10-13H2,1-4H3,(H,21,27). The van der Waals surface area contributed by atoms with Gasteiger partial charge in [-0.05, 0) is 18.6 Å². The van der Waals surface area contributed by atoms with Crippen molar-refractivity contribution in [2.45, 2.75) is 33.6 Å². The largest absolute Gasteiger partial charge is 0.357 e. The van der Waals surface area contributed by atoms with Gasteiger partial charge >= 0.3 is 0 Å². The third-order valence-corrected chi connectivity index (χ3v) is 4.63. The highest BCUT2D eigenvalue weighted by Gasteiger charge is 2.27. The first-order chi connectivity index (χ1) is 12.8. The molecule has 0 saturated heterocycles. The molecule has 0 saturated carbocycles. The molecule has 7 heteroatoms. The van der Waals surface area contributed by atoms with E-state index in [9.17, 15) is 9.59 Å². The number of nitrogens with zero attached hydrogens (tertiary/aromatic N) is 4. The van der Waals surface area contributed by atoms with E-state index in [0.29, 0.717) is 18.9 Å². The lowest BCUT2D eigenvalue weighted by Gasteiger charge is -2.23. The van der Waals surface area contributed by atoms with Crippen LogP contribution in [0.5, 0.6) is 0 Å². The van der Waals surface area contributed by atoms with Gasteiger partial charge in [0.2, 0.25) is 11.8 Å². The number of hydrogen-bond donors (Lipinski definition) is 1. The number of para-hydroxylation sites is 2. The van der Waals surface area contributed by atoms with Gasteiger partial charge < -0.3 is 10.2 Å².